The summed E-state index contributed by atoms with van der Waals surface area (Å²) in [7, 11) is 0. The lowest BCUT2D eigenvalue weighted by molar-refractivity contribution is 0.480. The number of nitrogens with zero attached hydrogens (tertiary/aromatic N) is 3. The van der Waals surface area contributed by atoms with Crippen LogP contribution in [0.15, 0.2) is 73.1 Å². The van der Waals surface area contributed by atoms with Crippen LogP contribution in [0.5, 0.6) is 5.75 Å². The number of aromatic nitrogens is 3. The third-order valence-electron chi connectivity index (χ3n) is 7.30. The molecule has 6 heteroatoms. The normalized spacial score (nSPS) is 19.3. The van der Waals surface area contributed by atoms with E-state index < -0.39 is 0 Å². The molecule has 0 bridgehead atoms. The molecule has 0 aliphatic heterocycles. The molecule has 0 spiro atoms. The molecule has 2 atom stereocenters. The number of aromatic hydroxyl groups is 1. The summed E-state index contributed by atoms with van der Waals surface area (Å²) in [4.78, 5) is 9.68. The number of hydrogen-bond donors (Lipinski definition) is 2. The van der Waals surface area contributed by atoms with E-state index in [1.54, 1.807) is 0 Å². The van der Waals surface area contributed by atoms with E-state index in [1.807, 2.05) is 42.5 Å². The van der Waals surface area contributed by atoms with E-state index in [2.05, 4.69) is 40.3 Å². The van der Waals surface area contributed by atoms with E-state index in [9.17, 15) is 5.11 Å². The quantitative estimate of drug-likeness (QED) is 0.274. The van der Waals surface area contributed by atoms with Crippen LogP contribution < -0.4 is 5.32 Å². The first-order chi connectivity index (χ1) is 17.1. The Hall–Kier alpha value is -3.57. The molecule has 2 aliphatic carbocycles. The van der Waals surface area contributed by atoms with Crippen LogP contribution in [0, 0.1) is 0 Å². The molecule has 2 N–H and O–H groups in total. The smallest absolute Gasteiger partial charge is 0.137 e. The molecule has 2 fully saturated rings. The van der Waals surface area contributed by atoms with Gasteiger partial charge in [0, 0.05) is 46.2 Å². The van der Waals surface area contributed by atoms with Gasteiger partial charge in [0.25, 0.3) is 0 Å². The summed E-state index contributed by atoms with van der Waals surface area (Å²) in [6, 6.07) is 20.1. The number of rotatable bonds is 6. The van der Waals surface area contributed by atoms with Gasteiger partial charge in [-0.3, -0.25) is 4.98 Å². The summed E-state index contributed by atoms with van der Waals surface area (Å²) in [6.45, 7) is 0.622. The molecule has 174 valence electrons. The Morgan fingerprint density at radius 3 is 2.71 bits per heavy atom. The zero-order chi connectivity index (χ0) is 23.5. The second-order valence-electron chi connectivity index (χ2n) is 9.89. The Kier molecular flexibility index (Phi) is 4.74. The molecule has 3 heterocycles. The molecule has 0 saturated heterocycles. The van der Waals surface area contributed by atoms with E-state index in [0.717, 1.165) is 51.0 Å². The van der Waals surface area contributed by atoms with Gasteiger partial charge in [-0.1, -0.05) is 29.8 Å². The van der Waals surface area contributed by atoms with Gasteiger partial charge in [-0.05, 0) is 78.6 Å². The summed E-state index contributed by atoms with van der Waals surface area (Å²) in [5.74, 6) is 1.71. The number of imidazole rings is 1. The number of anilines is 1. The molecule has 2 aromatic carbocycles. The van der Waals surface area contributed by atoms with Crippen LogP contribution in [0.25, 0.3) is 16.6 Å². The first kappa shape index (κ1) is 20.8. The van der Waals surface area contributed by atoms with Gasteiger partial charge in [0.05, 0.1) is 17.8 Å². The topological polar surface area (TPSA) is 62.5 Å². The van der Waals surface area contributed by atoms with Crippen molar-refractivity contribution in [2.75, 3.05) is 5.32 Å². The van der Waals surface area contributed by atoms with Crippen LogP contribution in [-0.2, 0) is 6.54 Å². The lowest BCUT2D eigenvalue weighted by atomic mass is 10.1. The van der Waals surface area contributed by atoms with Crippen molar-refractivity contribution in [2.24, 2.45) is 0 Å². The van der Waals surface area contributed by atoms with E-state index in [0.29, 0.717) is 18.4 Å². The van der Waals surface area contributed by atoms with Crippen molar-refractivity contribution in [3.8, 4) is 5.75 Å². The number of fused-ring (bicyclic) bond motifs is 2. The summed E-state index contributed by atoms with van der Waals surface area (Å²) in [5.41, 5.74) is 7.29. The van der Waals surface area contributed by atoms with Crippen LogP contribution >= 0.6 is 11.6 Å². The molecule has 2 aliphatic rings. The lowest BCUT2D eigenvalue weighted by Gasteiger charge is -2.09. The Bertz CT molecular complexity index is 1590. The summed E-state index contributed by atoms with van der Waals surface area (Å²) in [5, 5.41) is 15.7. The van der Waals surface area contributed by atoms with Gasteiger partial charge in [-0.25, -0.2) is 4.98 Å². The average Bonchev–Trinajstić information content (AvgIpc) is 3.78. The van der Waals surface area contributed by atoms with Gasteiger partial charge in [0.1, 0.15) is 11.4 Å². The summed E-state index contributed by atoms with van der Waals surface area (Å²) >= 11 is 6.18. The monoisotopic (exact) mass is 480 g/mol. The van der Waals surface area contributed by atoms with Crippen molar-refractivity contribution in [1.29, 1.82) is 0 Å². The maximum atomic E-state index is 10.7. The molecule has 3 aromatic heterocycles. The predicted molar refractivity (Wildman–Crippen MR) is 139 cm³/mol. The molecular weight excluding hydrogens is 456 g/mol. The predicted octanol–water partition coefficient (Wildman–Crippen LogP) is 7.00. The zero-order valence-corrected chi connectivity index (χ0v) is 19.9. The van der Waals surface area contributed by atoms with Gasteiger partial charge >= 0.3 is 0 Å². The number of halogens is 1. The lowest BCUT2D eigenvalue weighted by Crippen LogP contribution is -2.00. The van der Waals surface area contributed by atoms with Crippen LogP contribution in [0.1, 0.15) is 59.5 Å². The van der Waals surface area contributed by atoms with Crippen LogP contribution in [0.2, 0.25) is 5.02 Å². The largest absolute Gasteiger partial charge is 0.507 e. The third-order valence-corrected chi connectivity index (χ3v) is 7.54. The minimum Gasteiger partial charge on any atom is -0.507 e. The Labute approximate surface area is 208 Å². The highest BCUT2D eigenvalue weighted by atomic mass is 35.5. The molecule has 0 unspecified atom stereocenters. The Morgan fingerprint density at radius 2 is 1.86 bits per heavy atom. The third kappa shape index (κ3) is 4.00. The molecular formula is C29H25ClN4O. The van der Waals surface area contributed by atoms with Gasteiger partial charge in [0.15, 0.2) is 0 Å². The van der Waals surface area contributed by atoms with Crippen molar-refractivity contribution in [3.05, 3.63) is 101 Å². The second-order valence-corrected chi connectivity index (χ2v) is 10.3. The highest BCUT2D eigenvalue weighted by Crippen LogP contribution is 2.55. The zero-order valence-electron chi connectivity index (χ0n) is 19.2. The molecule has 0 radical (unpaired) electrons. The fourth-order valence-electron chi connectivity index (χ4n) is 5.15. The average molecular weight is 481 g/mol. The minimum absolute atomic E-state index is 0.278. The van der Waals surface area contributed by atoms with Crippen LogP contribution in [0.4, 0.5) is 5.69 Å². The van der Waals surface area contributed by atoms with Crippen LogP contribution in [-0.4, -0.2) is 19.5 Å². The van der Waals surface area contributed by atoms with Crippen molar-refractivity contribution in [1.82, 2.24) is 14.4 Å². The highest BCUT2D eigenvalue weighted by Gasteiger charge is 2.41. The van der Waals surface area contributed by atoms with Crippen molar-refractivity contribution in [2.45, 2.75) is 43.6 Å². The highest BCUT2D eigenvalue weighted by molar-refractivity contribution is 6.30. The fourth-order valence-corrected chi connectivity index (χ4v) is 5.35. The molecule has 5 aromatic rings. The minimum atomic E-state index is 0.278. The maximum absolute atomic E-state index is 10.7. The maximum Gasteiger partial charge on any atom is 0.137 e. The summed E-state index contributed by atoms with van der Waals surface area (Å²) in [6.07, 6.45) is 7.92. The number of pyridine rings is 2. The fraction of sp³-hybridized carbons (Fsp3) is 0.241. The van der Waals surface area contributed by atoms with Gasteiger partial charge in [0.2, 0.25) is 0 Å². The molecule has 35 heavy (non-hydrogen) atoms. The first-order valence-corrected chi connectivity index (χ1v) is 12.6. The van der Waals surface area contributed by atoms with Crippen molar-refractivity contribution >= 4 is 33.8 Å². The van der Waals surface area contributed by atoms with Gasteiger partial charge < -0.3 is 14.8 Å². The first-order valence-electron chi connectivity index (χ1n) is 12.2. The summed E-state index contributed by atoms with van der Waals surface area (Å²) < 4.78 is 2.13. The number of benzene rings is 2. The number of nitrogens with one attached hydrogen (secondary N) is 1. The van der Waals surface area contributed by atoms with Gasteiger partial charge in [-0.2, -0.15) is 0 Å². The van der Waals surface area contributed by atoms with E-state index >= 15 is 0 Å². The van der Waals surface area contributed by atoms with Crippen molar-refractivity contribution < 1.29 is 5.11 Å². The van der Waals surface area contributed by atoms with E-state index in [-0.39, 0.29) is 5.75 Å². The standard InChI is InChI=1S/C29H25ClN4O/c30-20-3-1-2-18(10-20)24-12-25(24)27-13-28(35)23-8-7-21(11-26(23)33-27)31-14-22-16-34-15-19(17-4-5-17)6-9-29(34)32-22/h1-3,6-11,13,15-17,24-25,31H,4-5,12,14H2,(H,33,35)/t24-,25+/m1/s1. The molecule has 7 rings (SSSR count). The van der Waals surface area contributed by atoms with E-state index in [1.165, 1.54) is 24.0 Å². The second kappa shape index (κ2) is 7.99. The molecule has 2 saturated carbocycles. The Balaban J connectivity index is 1.11. The Morgan fingerprint density at radius 1 is 0.943 bits per heavy atom. The van der Waals surface area contributed by atoms with Crippen molar-refractivity contribution in [3.63, 3.8) is 0 Å². The van der Waals surface area contributed by atoms with E-state index in [4.69, 9.17) is 21.6 Å². The molecule has 5 nitrogen and oxygen atoms in total. The van der Waals surface area contributed by atoms with Gasteiger partial charge in [-0.15, -0.1) is 0 Å². The SMILES string of the molecule is Oc1cc([C@H]2C[C@@H]2c2cccc(Cl)c2)nc2cc(NCc3cn4cc(C5CC5)ccc4n3)ccc12. The number of hydrogen-bond acceptors (Lipinski definition) is 4. The van der Waals surface area contributed by atoms with Crippen LogP contribution in [0.3, 0.4) is 0 Å². The molecule has 0 amide bonds.